The monoisotopic (exact) mass is 231 g/mol. The molecule has 1 saturated heterocycles. The summed E-state index contributed by atoms with van der Waals surface area (Å²) in [6, 6.07) is 10.6. The zero-order valence-electron chi connectivity index (χ0n) is 10.8. The van der Waals surface area contributed by atoms with Crippen molar-refractivity contribution in [3.8, 4) is 0 Å². The number of rotatable bonds is 4. The van der Waals surface area contributed by atoms with Gasteiger partial charge in [0.2, 0.25) is 0 Å². The van der Waals surface area contributed by atoms with Gasteiger partial charge in [0.05, 0.1) is 0 Å². The Morgan fingerprint density at radius 3 is 2.71 bits per heavy atom. The zero-order valence-corrected chi connectivity index (χ0v) is 10.8. The molecule has 0 radical (unpaired) electrons. The van der Waals surface area contributed by atoms with E-state index >= 15 is 0 Å². The smallest absolute Gasteiger partial charge is 0.130 e. The molecule has 2 nitrogen and oxygen atoms in total. The van der Waals surface area contributed by atoms with Crippen LogP contribution in [0.5, 0.6) is 0 Å². The second kappa shape index (κ2) is 5.01. The van der Waals surface area contributed by atoms with Crippen molar-refractivity contribution in [2.45, 2.75) is 33.2 Å². The van der Waals surface area contributed by atoms with E-state index in [0.29, 0.717) is 5.78 Å². The summed E-state index contributed by atoms with van der Waals surface area (Å²) in [5, 5.41) is 0. The van der Waals surface area contributed by atoms with E-state index in [0.717, 1.165) is 32.5 Å². The van der Waals surface area contributed by atoms with E-state index in [1.54, 1.807) is 6.92 Å². The van der Waals surface area contributed by atoms with Crippen molar-refractivity contribution in [3.63, 3.8) is 0 Å². The summed E-state index contributed by atoms with van der Waals surface area (Å²) in [5.41, 5.74) is 1.56. The van der Waals surface area contributed by atoms with Crippen LogP contribution in [0.15, 0.2) is 30.3 Å². The molecule has 0 spiro atoms. The molecule has 1 unspecified atom stereocenters. The Labute approximate surface area is 104 Å². The number of carbonyl (C=O) groups is 1. The molecule has 1 atom stereocenters. The topological polar surface area (TPSA) is 20.3 Å². The summed E-state index contributed by atoms with van der Waals surface area (Å²) >= 11 is 0. The fourth-order valence-corrected chi connectivity index (χ4v) is 2.85. The summed E-state index contributed by atoms with van der Waals surface area (Å²) in [4.78, 5) is 13.7. The van der Waals surface area contributed by atoms with E-state index in [2.05, 4.69) is 36.1 Å². The molecule has 0 bridgehead atoms. The Morgan fingerprint density at radius 2 is 2.06 bits per heavy atom. The van der Waals surface area contributed by atoms with Gasteiger partial charge >= 0.3 is 0 Å². The predicted octanol–water partition coefficient (Wildman–Crippen LogP) is 2.88. The van der Waals surface area contributed by atoms with Crippen molar-refractivity contribution in [1.29, 1.82) is 0 Å². The highest BCUT2D eigenvalue weighted by Crippen LogP contribution is 2.34. The van der Waals surface area contributed by atoms with Crippen LogP contribution in [0.1, 0.15) is 32.3 Å². The highest BCUT2D eigenvalue weighted by Gasteiger charge is 2.34. The van der Waals surface area contributed by atoms with E-state index in [9.17, 15) is 4.79 Å². The minimum Gasteiger partial charge on any atom is -0.300 e. The Hall–Kier alpha value is -1.15. The summed E-state index contributed by atoms with van der Waals surface area (Å²) < 4.78 is 0. The van der Waals surface area contributed by atoms with Crippen molar-refractivity contribution in [2.24, 2.45) is 5.41 Å². The molecule has 0 saturated carbocycles. The first-order valence-electron chi connectivity index (χ1n) is 6.33. The van der Waals surface area contributed by atoms with Crippen molar-refractivity contribution >= 4 is 5.78 Å². The molecule has 92 valence electrons. The number of hydrogen-bond donors (Lipinski definition) is 0. The van der Waals surface area contributed by atoms with Gasteiger partial charge in [-0.25, -0.2) is 0 Å². The fraction of sp³-hybridized carbons (Fsp3) is 0.533. The largest absolute Gasteiger partial charge is 0.300 e. The third-order valence-electron chi connectivity index (χ3n) is 3.56. The number of carbonyl (C=O) groups excluding carboxylic acids is 1. The summed E-state index contributed by atoms with van der Waals surface area (Å²) in [6.07, 6.45) is 1.86. The SMILES string of the molecule is CC(=O)CC1(C)CCN(Cc2ccccc2)C1. The molecular weight excluding hydrogens is 210 g/mol. The first-order chi connectivity index (χ1) is 8.07. The van der Waals surface area contributed by atoms with Crippen molar-refractivity contribution in [2.75, 3.05) is 13.1 Å². The van der Waals surface area contributed by atoms with Crippen LogP contribution >= 0.6 is 0 Å². The van der Waals surface area contributed by atoms with Crippen LogP contribution in [-0.2, 0) is 11.3 Å². The molecular formula is C15H21NO. The normalized spacial score (nSPS) is 25.1. The minimum atomic E-state index is 0.195. The summed E-state index contributed by atoms with van der Waals surface area (Å²) in [6.45, 7) is 7.10. The lowest BCUT2D eigenvalue weighted by Crippen LogP contribution is -2.26. The highest BCUT2D eigenvalue weighted by atomic mass is 16.1. The van der Waals surface area contributed by atoms with Crippen molar-refractivity contribution in [1.82, 2.24) is 4.90 Å². The van der Waals surface area contributed by atoms with Gasteiger partial charge in [0.1, 0.15) is 5.78 Å². The van der Waals surface area contributed by atoms with Gasteiger partial charge in [0.15, 0.2) is 0 Å². The maximum Gasteiger partial charge on any atom is 0.130 e. The number of ketones is 1. The first kappa shape index (κ1) is 12.3. The molecule has 0 aliphatic carbocycles. The molecule has 0 amide bonds. The second-order valence-corrected chi connectivity index (χ2v) is 5.64. The lowest BCUT2D eigenvalue weighted by molar-refractivity contribution is -0.118. The maximum atomic E-state index is 11.3. The van der Waals surface area contributed by atoms with E-state index < -0.39 is 0 Å². The van der Waals surface area contributed by atoms with E-state index in [-0.39, 0.29) is 5.41 Å². The van der Waals surface area contributed by atoms with Gasteiger partial charge in [0, 0.05) is 19.5 Å². The van der Waals surface area contributed by atoms with Gasteiger partial charge in [-0.3, -0.25) is 4.90 Å². The predicted molar refractivity (Wildman–Crippen MR) is 69.7 cm³/mol. The summed E-state index contributed by atoms with van der Waals surface area (Å²) in [7, 11) is 0. The lowest BCUT2D eigenvalue weighted by Gasteiger charge is -2.23. The van der Waals surface area contributed by atoms with Crippen molar-refractivity contribution < 1.29 is 4.79 Å². The Bertz CT molecular complexity index is 387. The molecule has 1 aliphatic heterocycles. The number of hydrogen-bond acceptors (Lipinski definition) is 2. The average Bonchev–Trinajstić information content (AvgIpc) is 2.60. The Morgan fingerprint density at radius 1 is 1.35 bits per heavy atom. The van der Waals surface area contributed by atoms with Crippen LogP contribution in [0, 0.1) is 5.41 Å². The molecule has 1 fully saturated rings. The van der Waals surface area contributed by atoms with Gasteiger partial charge in [-0.05, 0) is 30.9 Å². The quantitative estimate of drug-likeness (QED) is 0.794. The third-order valence-corrected chi connectivity index (χ3v) is 3.56. The van der Waals surface area contributed by atoms with E-state index in [1.807, 2.05) is 6.07 Å². The van der Waals surface area contributed by atoms with E-state index in [1.165, 1.54) is 5.56 Å². The number of likely N-dealkylation sites (tertiary alicyclic amines) is 1. The molecule has 2 rings (SSSR count). The second-order valence-electron chi connectivity index (χ2n) is 5.64. The Kier molecular flexibility index (Phi) is 3.63. The highest BCUT2D eigenvalue weighted by molar-refractivity contribution is 5.76. The molecule has 17 heavy (non-hydrogen) atoms. The first-order valence-corrected chi connectivity index (χ1v) is 6.33. The zero-order chi connectivity index (χ0) is 12.3. The molecule has 0 aromatic heterocycles. The summed E-state index contributed by atoms with van der Waals surface area (Å²) in [5.74, 6) is 0.314. The van der Waals surface area contributed by atoms with Crippen LogP contribution in [0.25, 0.3) is 0 Å². The number of nitrogens with zero attached hydrogens (tertiary/aromatic N) is 1. The molecule has 2 heteroatoms. The average molecular weight is 231 g/mol. The minimum absolute atomic E-state index is 0.195. The van der Waals surface area contributed by atoms with Crippen molar-refractivity contribution in [3.05, 3.63) is 35.9 Å². The fourth-order valence-electron chi connectivity index (χ4n) is 2.85. The standard InChI is InChI=1S/C15H21NO/c1-13(17)10-15(2)8-9-16(12-15)11-14-6-4-3-5-7-14/h3-7H,8-12H2,1-2H3. The number of Topliss-reactive ketones (excluding diaryl/α,β-unsaturated/α-hetero) is 1. The van der Waals surface area contributed by atoms with Gasteiger partial charge in [0.25, 0.3) is 0 Å². The maximum absolute atomic E-state index is 11.3. The molecule has 1 aliphatic rings. The van der Waals surface area contributed by atoms with Gasteiger partial charge in [-0.1, -0.05) is 37.3 Å². The third kappa shape index (κ3) is 3.40. The van der Waals surface area contributed by atoms with Crippen LogP contribution in [0.2, 0.25) is 0 Å². The van der Waals surface area contributed by atoms with Crippen LogP contribution in [0.4, 0.5) is 0 Å². The lowest BCUT2D eigenvalue weighted by atomic mass is 9.84. The van der Waals surface area contributed by atoms with Gasteiger partial charge in [-0.15, -0.1) is 0 Å². The number of benzene rings is 1. The molecule has 1 aromatic rings. The van der Waals surface area contributed by atoms with E-state index in [4.69, 9.17) is 0 Å². The van der Waals surface area contributed by atoms with Gasteiger partial charge < -0.3 is 4.79 Å². The molecule has 1 aromatic carbocycles. The Balaban J connectivity index is 1.92. The molecule has 1 heterocycles. The van der Waals surface area contributed by atoms with Crippen LogP contribution in [-0.4, -0.2) is 23.8 Å². The van der Waals surface area contributed by atoms with Crippen LogP contribution in [0.3, 0.4) is 0 Å². The van der Waals surface area contributed by atoms with Crippen LogP contribution < -0.4 is 0 Å². The molecule has 0 N–H and O–H groups in total. The van der Waals surface area contributed by atoms with Gasteiger partial charge in [-0.2, -0.15) is 0 Å².